The van der Waals surface area contributed by atoms with Crippen LogP contribution in [0.15, 0.2) is 42.5 Å². The molecule has 0 radical (unpaired) electrons. The highest BCUT2D eigenvalue weighted by molar-refractivity contribution is 6.30. The third-order valence-corrected chi connectivity index (χ3v) is 5.12. The second-order valence-corrected chi connectivity index (χ2v) is 7.41. The minimum atomic E-state index is 0.0497. The molecule has 0 bridgehead atoms. The maximum Gasteiger partial charge on any atom is 0.251 e. The van der Waals surface area contributed by atoms with Crippen LogP contribution < -0.4 is 5.32 Å². The average Bonchev–Trinajstić information content (AvgIpc) is 2.58. The van der Waals surface area contributed by atoms with Gasteiger partial charge < -0.3 is 5.32 Å². The first-order valence-corrected chi connectivity index (χ1v) is 9.24. The summed E-state index contributed by atoms with van der Waals surface area (Å²) in [7, 11) is 0. The number of hydrogen-bond donors (Lipinski definition) is 1. The Balaban J connectivity index is 1.50. The number of amides is 1. The Morgan fingerprint density at radius 3 is 2.44 bits per heavy atom. The van der Waals surface area contributed by atoms with Crippen LogP contribution in [0.1, 0.15) is 39.9 Å². The van der Waals surface area contributed by atoms with Crippen molar-refractivity contribution in [3.8, 4) is 0 Å². The first-order valence-electron chi connectivity index (χ1n) is 8.86. The lowest BCUT2D eigenvalue weighted by Gasteiger charge is -2.32. The molecule has 1 aliphatic rings. The van der Waals surface area contributed by atoms with Gasteiger partial charge in [-0.25, -0.2) is 0 Å². The zero-order valence-corrected chi connectivity index (χ0v) is 15.6. The zero-order valence-electron chi connectivity index (χ0n) is 14.9. The van der Waals surface area contributed by atoms with E-state index in [1.165, 1.54) is 11.1 Å². The highest BCUT2D eigenvalue weighted by Crippen LogP contribution is 2.17. The van der Waals surface area contributed by atoms with Gasteiger partial charge in [-0.05, 0) is 56.0 Å². The Bertz CT molecular complexity index is 734. The lowest BCUT2D eigenvalue weighted by atomic mass is 10.0. The standard InChI is InChI=1S/C21H25ClN2O/c1-15-3-8-20(16(2)13-15)21(25)23-19-9-11-24(12-10-19)14-17-4-6-18(22)7-5-17/h3-8,13,19H,9-12,14H2,1-2H3,(H,23,25). The molecule has 0 saturated carbocycles. The number of benzene rings is 2. The first-order chi connectivity index (χ1) is 12.0. The molecule has 1 amide bonds. The number of hydrogen-bond acceptors (Lipinski definition) is 2. The number of piperidine rings is 1. The summed E-state index contributed by atoms with van der Waals surface area (Å²) in [6.45, 7) is 6.98. The van der Waals surface area contributed by atoms with E-state index in [0.717, 1.165) is 48.6 Å². The van der Waals surface area contributed by atoms with E-state index < -0.39 is 0 Å². The summed E-state index contributed by atoms with van der Waals surface area (Å²) in [5.41, 5.74) is 4.29. The first kappa shape index (κ1) is 18.0. The van der Waals surface area contributed by atoms with Gasteiger partial charge in [0.2, 0.25) is 0 Å². The second kappa shape index (κ2) is 8.03. The van der Waals surface area contributed by atoms with Crippen molar-refractivity contribution in [2.24, 2.45) is 0 Å². The van der Waals surface area contributed by atoms with E-state index in [9.17, 15) is 4.79 Å². The Labute approximate surface area is 155 Å². The molecule has 132 valence electrons. The predicted octanol–water partition coefficient (Wildman–Crippen LogP) is 4.35. The number of rotatable bonds is 4. The quantitative estimate of drug-likeness (QED) is 0.883. The number of aryl methyl sites for hydroxylation is 2. The largest absolute Gasteiger partial charge is 0.349 e. The van der Waals surface area contributed by atoms with Crippen LogP contribution in [-0.2, 0) is 6.54 Å². The van der Waals surface area contributed by atoms with Crippen molar-refractivity contribution in [1.82, 2.24) is 10.2 Å². The van der Waals surface area contributed by atoms with E-state index in [4.69, 9.17) is 11.6 Å². The van der Waals surface area contributed by atoms with Crippen LogP contribution in [0.3, 0.4) is 0 Å². The van der Waals surface area contributed by atoms with E-state index in [0.29, 0.717) is 0 Å². The van der Waals surface area contributed by atoms with Crippen LogP contribution in [0.5, 0.6) is 0 Å². The molecule has 0 unspecified atom stereocenters. The van der Waals surface area contributed by atoms with Crippen molar-refractivity contribution in [3.63, 3.8) is 0 Å². The van der Waals surface area contributed by atoms with Gasteiger partial charge >= 0.3 is 0 Å². The van der Waals surface area contributed by atoms with Crippen LogP contribution >= 0.6 is 11.6 Å². The van der Waals surface area contributed by atoms with Crippen LogP contribution in [0.4, 0.5) is 0 Å². The van der Waals surface area contributed by atoms with E-state index in [2.05, 4.69) is 28.4 Å². The van der Waals surface area contributed by atoms with Crippen LogP contribution in [0.2, 0.25) is 5.02 Å². The topological polar surface area (TPSA) is 32.3 Å². The molecule has 3 nitrogen and oxygen atoms in total. The number of carbonyl (C=O) groups excluding carboxylic acids is 1. The van der Waals surface area contributed by atoms with Crippen molar-refractivity contribution in [2.45, 2.75) is 39.3 Å². The Morgan fingerprint density at radius 2 is 1.80 bits per heavy atom. The average molecular weight is 357 g/mol. The van der Waals surface area contributed by atoms with Gasteiger partial charge in [-0.15, -0.1) is 0 Å². The molecule has 1 aliphatic heterocycles. The van der Waals surface area contributed by atoms with Crippen LogP contribution in [0, 0.1) is 13.8 Å². The fraction of sp³-hybridized carbons (Fsp3) is 0.381. The molecule has 1 heterocycles. The van der Waals surface area contributed by atoms with E-state index >= 15 is 0 Å². The normalized spacial score (nSPS) is 16.0. The minimum absolute atomic E-state index is 0.0497. The molecule has 0 atom stereocenters. The molecule has 1 N–H and O–H groups in total. The Kier molecular flexibility index (Phi) is 5.77. The molecular weight excluding hydrogens is 332 g/mol. The second-order valence-electron chi connectivity index (χ2n) is 6.97. The number of halogens is 1. The van der Waals surface area contributed by atoms with Crippen LogP contribution in [0.25, 0.3) is 0 Å². The summed E-state index contributed by atoms with van der Waals surface area (Å²) in [6, 6.07) is 14.3. The van der Waals surface area contributed by atoms with Gasteiger partial charge in [0.15, 0.2) is 0 Å². The fourth-order valence-electron chi connectivity index (χ4n) is 3.41. The number of carbonyl (C=O) groups is 1. The highest BCUT2D eigenvalue weighted by Gasteiger charge is 2.21. The molecule has 25 heavy (non-hydrogen) atoms. The van der Waals surface area contributed by atoms with Gasteiger partial charge in [0.05, 0.1) is 0 Å². The number of nitrogens with one attached hydrogen (secondary N) is 1. The van der Waals surface area contributed by atoms with Gasteiger partial charge in [0.1, 0.15) is 0 Å². The van der Waals surface area contributed by atoms with Gasteiger partial charge in [0.25, 0.3) is 5.91 Å². The summed E-state index contributed by atoms with van der Waals surface area (Å²) in [4.78, 5) is 14.9. The van der Waals surface area contributed by atoms with Crippen molar-refractivity contribution in [2.75, 3.05) is 13.1 Å². The van der Waals surface area contributed by atoms with Gasteiger partial charge in [0, 0.05) is 36.3 Å². The summed E-state index contributed by atoms with van der Waals surface area (Å²) < 4.78 is 0. The summed E-state index contributed by atoms with van der Waals surface area (Å²) >= 11 is 5.94. The molecule has 1 saturated heterocycles. The third kappa shape index (κ3) is 4.83. The fourth-order valence-corrected chi connectivity index (χ4v) is 3.54. The molecule has 0 aromatic heterocycles. The Hall–Kier alpha value is -1.84. The third-order valence-electron chi connectivity index (χ3n) is 4.87. The smallest absolute Gasteiger partial charge is 0.251 e. The van der Waals surface area contributed by atoms with E-state index in [-0.39, 0.29) is 11.9 Å². The summed E-state index contributed by atoms with van der Waals surface area (Å²) in [5.74, 6) is 0.0497. The maximum absolute atomic E-state index is 12.5. The molecule has 1 fully saturated rings. The van der Waals surface area contributed by atoms with E-state index in [1.807, 2.05) is 38.1 Å². The van der Waals surface area contributed by atoms with E-state index in [1.54, 1.807) is 0 Å². The number of likely N-dealkylation sites (tertiary alicyclic amines) is 1. The molecular formula is C21H25ClN2O. The monoisotopic (exact) mass is 356 g/mol. The molecule has 4 heteroatoms. The van der Waals surface area contributed by atoms with Crippen molar-refractivity contribution < 1.29 is 4.79 Å². The summed E-state index contributed by atoms with van der Waals surface area (Å²) in [5, 5.41) is 3.98. The molecule has 2 aromatic carbocycles. The predicted molar refractivity (Wildman–Crippen MR) is 103 cm³/mol. The molecule has 0 aliphatic carbocycles. The molecule has 3 rings (SSSR count). The number of nitrogens with zero attached hydrogens (tertiary/aromatic N) is 1. The lowest BCUT2D eigenvalue weighted by Crippen LogP contribution is -2.44. The maximum atomic E-state index is 12.5. The van der Waals surface area contributed by atoms with Crippen LogP contribution in [-0.4, -0.2) is 29.9 Å². The van der Waals surface area contributed by atoms with Gasteiger partial charge in [-0.1, -0.05) is 41.4 Å². The zero-order chi connectivity index (χ0) is 17.8. The molecule has 2 aromatic rings. The van der Waals surface area contributed by atoms with Crippen molar-refractivity contribution >= 4 is 17.5 Å². The summed E-state index contributed by atoms with van der Waals surface area (Å²) in [6.07, 6.45) is 1.98. The van der Waals surface area contributed by atoms with Crippen molar-refractivity contribution in [3.05, 3.63) is 69.7 Å². The van der Waals surface area contributed by atoms with Gasteiger partial charge in [-0.3, -0.25) is 9.69 Å². The Morgan fingerprint density at radius 1 is 1.12 bits per heavy atom. The molecule has 0 spiro atoms. The van der Waals surface area contributed by atoms with Crippen molar-refractivity contribution in [1.29, 1.82) is 0 Å². The highest BCUT2D eigenvalue weighted by atomic mass is 35.5. The minimum Gasteiger partial charge on any atom is -0.349 e. The SMILES string of the molecule is Cc1ccc(C(=O)NC2CCN(Cc3ccc(Cl)cc3)CC2)c(C)c1. The van der Waals surface area contributed by atoms with Gasteiger partial charge in [-0.2, -0.15) is 0 Å². The lowest BCUT2D eigenvalue weighted by molar-refractivity contribution is 0.0908.